The first-order chi connectivity index (χ1) is 29.0. The number of hydrogen-bond acceptors (Lipinski definition) is 4. The molecule has 0 aliphatic carbocycles. The summed E-state index contributed by atoms with van der Waals surface area (Å²) in [6.45, 7) is 0. The third-order valence-electron chi connectivity index (χ3n) is 11.9. The molecule has 2 nitrogen and oxygen atoms in total. The van der Waals surface area contributed by atoms with Crippen LogP contribution in [0.3, 0.4) is 0 Å². The second-order valence-corrected chi connectivity index (χ2v) is 26.9. The number of benzene rings is 8. The van der Waals surface area contributed by atoms with E-state index in [0.29, 0.717) is 0 Å². The molecule has 8 aromatic carbocycles. The lowest BCUT2D eigenvalue weighted by Gasteiger charge is -2.30. The van der Waals surface area contributed by atoms with Crippen LogP contribution in [0, 0.1) is 0 Å². The number of thiophene rings is 2. The topological polar surface area (TPSA) is 34.1 Å². The first-order valence-corrected chi connectivity index (χ1v) is 26.8. The van der Waals surface area contributed by atoms with Crippen molar-refractivity contribution >= 4 is 118 Å². The summed E-state index contributed by atoms with van der Waals surface area (Å²) < 4.78 is 34.9. The molecular formula is C52H36O2P2S2Si. The highest BCUT2D eigenvalue weighted by Gasteiger charge is 2.53. The van der Waals surface area contributed by atoms with Crippen LogP contribution >= 0.6 is 37.0 Å². The van der Waals surface area contributed by atoms with Gasteiger partial charge in [0, 0.05) is 31.0 Å². The zero-order valence-electron chi connectivity index (χ0n) is 31.8. The molecule has 0 saturated carbocycles. The van der Waals surface area contributed by atoms with E-state index in [4.69, 9.17) is 0 Å². The molecule has 7 heteroatoms. The lowest BCUT2D eigenvalue weighted by Crippen LogP contribution is -2.72. The molecular weight excluding hydrogens is 811 g/mol. The van der Waals surface area contributed by atoms with Crippen LogP contribution in [0.1, 0.15) is 0 Å². The molecule has 0 bridgehead atoms. The van der Waals surface area contributed by atoms with Crippen molar-refractivity contribution in [3.05, 3.63) is 218 Å². The minimum atomic E-state index is -3.42. The Hall–Kier alpha value is -5.64. The van der Waals surface area contributed by atoms with E-state index in [0.717, 1.165) is 61.8 Å². The van der Waals surface area contributed by atoms with Gasteiger partial charge in [-0.15, -0.1) is 22.7 Å². The van der Waals surface area contributed by atoms with Crippen LogP contribution < -0.4 is 51.2 Å². The average Bonchev–Trinajstić information content (AvgIpc) is 4.02. The van der Waals surface area contributed by atoms with Crippen molar-refractivity contribution in [2.45, 2.75) is 0 Å². The minimum Gasteiger partial charge on any atom is -0.308 e. The quantitative estimate of drug-likeness (QED) is 0.113. The van der Waals surface area contributed by atoms with Crippen molar-refractivity contribution < 1.29 is 9.13 Å². The number of fused-ring (bicyclic) bond motifs is 5. The van der Waals surface area contributed by atoms with E-state index < -0.39 is 22.4 Å². The molecule has 0 saturated heterocycles. The molecule has 2 aromatic heterocycles. The zero-order valence-corrected chi connectivity index (χ0v) is 36.2. The van der Waals surface area contributed by atoms with Crippen molar-refractivity contribution in [2.24, 2.45) is 0 Å². The summed E-state index contributed by atoms with van der Waals surface area (Å²) in [7, 11) is -9.91. The fourth-order valence-corrected chi connectivity index (χ4v) is 25.6. The molecule has 11 rings (SSSR count). The van der Waals surface area contributed by atoms with E-state index in [9.17, 15) is 0 Å². The van der Waals surface area contributed by atoms with Gasteiger partial charge in [0.25, 0.3) is 0 Å². The fraction of sp³-hybridized carbons (Fsp3) is 0. The summed E-state index contributed by atoms with van der Waals surface area (Å²) in [4.78, 5) is 2.28. The third kappa shape index (κ3) is 5.43. The first-order valence-electron chi connectivity index (χ1n) is 19.7. The van der Waals surface area contributed by atoms with Gasteiger partial charge in [-0.2, -0.15) is 0 Å². The second-order valence-electron chi connectivity index (χ2n) is 15.0. The van der Waals surface area contributed by atoms with Gasteiger partial charge in [-0.3, -0.25) is 0 Å². The molecule has 0 radical (unpaired) electrons. The molecule has 0 N–H and O–H groups in total. The Balaban J connectivity index is 1.25. The van der Waals surface area contributed by atoms with Crippen LogP contribution in [0.5, 0.6) is 0 Å². The van der Waals surface area contributed by atoms with Gasteiger partial charge in [0.2, 0.25) is 0 Å². The van der Waals surface area contributed by atoms with Crippen molar-refractivity contribution in [3.8, 4) is 9.75 Å². The van der Waals surface area contributed by atoms with Crippen LogP contribution in [0.25, 0.3) is 31.3 Å². The molecule has 59 heavy (non-hydrogen) atoms. The monoisotopic (exact) mass is 846 g/mol. The van der Waals surface area contributed by atoms with E-state index >= 15 is 9.13 Å². The Kier molecular flexibility index (Phi) is 8.82. The Morgan fingerprint density at radius 1 is 0.356 bits per heavy atom. The predicted molar refractivity (Wildman–Crippen MR) is 259 cm³/mol. The summed E-state index contributed by atoms with van der Waals surface area (Å²) >= 11 is 3.34. The van der Waals surface area contributed by atoms with Gasteiger partial charge in [0.15, 0.2) is 22.4 Å². The molecule has 0 amide bonds. The molecule has 10 aromatic rings. The summed E-state index contributed by atoms with van der Waals surface area (Å²) in [5.74, 6) is 0. The normalized spacial score (nSPS) is 15.0. The Bertz CT molecular complexity index is 3060. The van der Waals surface area contributed by atoms with Crippen molar-refractivity contribution in [2.75, 3.05) is 0 Å². The van der Waals surface area contributed by atoms with Gasteiger partial charge in [-0.25, -0.2) is 0 Å². The third-order valence-corrected chi connectivity index (χ3v) is 26.9. The van der Waals surface area contributed by atoms with E-state index in [1.165, 1.54) is 20.7 Å². The van der Waals surface area contributed by atoms with Crippen molar-refractivity contribution in [1.29, 1.82) is 0 Å². The van der Waals surface area contributed by atoms with E-state index in [1.54, 1.807) is 22.7 Å². The van der Waals surface area contributed by atoms with Crippen LogP contribution in [-0.2, 0) is 9.13 Å². The maximum atomic E-state index is 16.6. The summed E-state index contributed by atoms with van der Waals surface area (Å²) in [6.07, 6.45) is 0. The summed E-state index contributed by atoms with van der Waals surface area (Å²) in [5.41, 5.74) is 0. The lowest BCUT2D eigenvalue weighted by molar-refractivity contribution is 0.592. The molecule has 3 heterocycles. The highest BCUT2D eigenvalue weighted by molar-refractivity contribution is 7.90. The van der Waals surface area contributed by atoms with Gasteiger partial charge in [-0.1, -0.05) is 206 Å². The highest BCUT2D eigenvalue weighted by Crippen LogP contribution is 2.51. The SMILES string of the molecule is O=P(c1ccccc1)(c1cc2c(s1)-c1sc(P(=O)(c3ccccc3)c3cccc4ccccc34)cc1[Si]2(c1ccccc1)c1ccccc1)c1cccc2ccccc12. The molecule has 1 aliphatic heterocycles. The number of hydrogen-bond donors (Lipinski definition) is 0. The standard InChI is InChI=1S/C52H36O2P2S2Si/c53-55(39-23-5-1-6-24-39,45-33-17-21-37-19-13-15-31-43(37)45)49-35-47-51(57-49)52-48(59(47,41-27-9-3-10-28-41)42-29-11-4-12-30-42)36-50(58-52)56(54,40-25-7-2-8-26-40)46-34-18-22-38-20-14-16-32-44(38)46/h1-36H. The van der Waals surface area contributed by atoms with Gasteiger partial charge < -0.3 is 9.13 Å². The van der Waals surface area contributed by atoms with Gasteiger partial charge in [0.05, 0.1) is 9.24 Å². The smallest absolute Gasteiger partial charge is 0.182 e. The van der Waals surface area contributed by atoms with Gasteiger partial charge >= 0.3 is 0 Å². The summed E-state index contributed by atoms with van der Waals surface area (Å²) in [5, 5.41) is 12.5. The van der Waals surface area contributed by atoms with E-state index in [-0.39, 0.29) is 0 Å². The fourth-order valence-electron chi connectivity index (χ4n) is 9.28. The second kappa shape index (κ2) is 14.3. The van der Waals surface area contributed by atoms with E-state index in [1.807, 2.05) is 97.1 Å². The number of rotatable bonds is 8. The van der Waals surface area contributed by atoms with Crippen LogP contribution in [0.15, 0.2) is 218 Å². The Labute approximate surface area is 352 Å². The molecule has 2 atom stereocenters. The Morgan fingerprint density at radius 2 is 0.695 bits per heavy atom. The van der Waals surface area contributed by atoms with Crippen molar-refractivity contribution in [1.82, 2.24) is 0 Å². The van der Waals surface area contributed by atoms with E-state index in [2.05, 4.69) is 121 Å². The molecule has 1 aliphatic rings. The largest absolute Gasteiger partial charge is 0.308 e. The van der Waals surface area contributed by atoms with Crippen LogP contribution in [0.4, 0.5) is 0 Å². The van der Waals surface area contributed by atoms with Crippen LogP contribution in [0.2, 0.25) is 0 Å². The Morgan fingerprint density at radius 3 is 1.10 bits per heavy atom. The maximum Gasteiger partial charge on any atom is 0.182 e. The highest BCUT2D eigenvalue weighted by atomic mass is 32.1. The first kappa shape index (κ1) is 36.4. The predicted octanol–water partition coefficient (Wildman–Crippen LogP) is 8.75. The zero-order chi connectivity index (χ0) is 39.6. The van der Waals surface area contributed by atoms with Gasteiger partial charge in [-0.05, 0) is 54.4 Å². The molecule has 282 valence electrons. The van der Waals surface area contributed by atoms with Crippen molar-refractivity contribution in [3.63, 3.8) is 0 Å². The molecule has 0 spiro atoms. The average molecular weight is 847 g/mol. The summed E-state index contributed by atoms with van der Waals surface area (Å²) in [6, 6.07) is 75.6. The lowest BCUT2D eigenvalue weighted by atomic mass is 10.1. The van der Waals surface area contributed by atoms with Crippen LogP contribution in [-0.4, -0.2) is 8.07 Å². The maximum absolute atomic E-state index is 16.6. The minimum absolute atomic E-state index is 0.819. The van der Waals surface area contributed by atoms with Gasteiger partial charge in [0.1, 0.15) is 0 Å². The molecule has 0 fully saturated rings. The molecule has 2 unspecified atom stereocenters.